The van der Waals surface area contributed by atoms with Gasteiger partial charge >= 0.3 is 0 Å². The number of phenols is 1. The SMILES string of the molecule is Oc1cccc(Nc2nccc(-c3ccc4nc[nH]c4c3)n2)c1. The van der Waals surface area contributed by atoms with Crippen LogP contribution in [-0.4, -0.2) is 25.0 Å². The van der Waals surface area contributed by atoms with Gasteiger partial charge < -0.3 is 15.4 Å². The van der Waals surface area contributed by atoms with Crippen LogP contribution in [0.5, 0.6) is 5.75 Å². The minimum atomic E-state index is 0.191. The van der Waals surface area contributed by atoms with Gasteiger partial charge in [-0.25, -0.2) is 15.0 Å². The Hall–Kier alpha value is -3.41. The first kappa shape index (κ1) is 13.3. The molecule has 4 rings (SSSR count). The molecule has 4 aromatic rings. The van der Waals surface area contributed by atoms with Crippen molar-refractivity contribution in [2.24, 2.45) is 0 Å². The number of hydrogen-bond donors (Lipinski definition) is 3. The van der Waals surface area contributed by atoms with Gasteiger partial charge in [0.2, 0.25) is 5.95 Å². The zero-order valence-electron chi connectivity index (χ0n) is 12.1. The van der Waals surface area contributed by atoms with Crippen molar-refractivity contribution in [3.05, 3.63) is 61.1 Å². The molecule has 0 radical (unpaired) electrons. The molecular formula is C17H13N5O. The molecule has 0 unspecified atom stereocenters. The maximum Gasteiger partial charge on any atom is 0.227 e. The van der Waals surface area contributed by atoms with Crippen molar-refractivity contribution in [3.8, 4) is 17.0 Å². The highest BCUT2D eigenvalue weighted by molar-refractivity contribution is 5.80. The number of nitrogens with zero attached hydrogens (tertiary/aromatic N) is 3. The smallest absolute Gasteiger partial charge is 0.227 e. The number of aromatic amines is 1. The Morgan fingerprint density at radius 1 is 1.00 bits per heavy atom. The van der Waals surface area contributed by atoms with E-state index in [9.17, 15) is 5.11 Å². The van der Waals surface area contributed by atoms with Crippen molar-refractivity contribution in [2.45, 2.75) is 0 Å². The van der Waals surface area contributed by atoms with Gasteiger partial charge in [0.15, 0.2) is 0 Å². The highest BCUT2D eigenvalue weighted by atomic mass is 16.3. The molecule has 23 heavy (non-hydrogen) atoms. The molecule has 6 nitrogen and oxygen atoms in total. The third-order valence-corrected chi connectivity index (χ3v) is 3.47. The molecule has 0 aliphatic rings. The molecule has 0 bridgehead atoms. The van der Waals surface area contributed by atoms with Crippen molar-refractivity contribution in [1.29, 1.82) is 0 Å². The predicted molar refractivity (Wildman–Crippen MR) is 88.5 cm³/mol. The lowest BCUT2D eigenvalue weighted by Crippen LogP contribution is -1.97. The fourth-order valence-electron chi connectivity index (χ4n) is 2.39. The number of nitrogens with one attached hydrogen (secondary N) is 2. The lowest BCUT2D eigenvalue weighted by Gasteiger charge is -2.07. The summed E-state index contributed by atoms with van der Waals surface area (Å²) in [6.07, 6.45) is 3.37. The summed E-state index contributed by atoms with van der Waals surface area (Å²) in [5.41, 5.74) is 4.39. The second-order valence-corrected chi connectivity index (χ2v) is 5.08. The molecule has 2 heterocycles. The summed E-state index contributed by atoms with van der Waals surface area (Å²) < 4.78 is 0. The zero-order chi connectivity index (χ0) is 15.6. The van der Waals surface area contributed by atoms with E-state index in [0.29, 0.717) is 5.95 Å². The molecule has 0 aliphatic carbocycles. The van der Waals surface area contributed by atoms with Crippen molar-refractivity contribution >= 4 is 22.7 Å². The van der Waals surface area contributed by atoms with E-state index in [2.05, 4.69) is 25.3 Å². The second-order valence-electron chi connectivity index (χ2n) is 5.08. The van der Waals surface area contributed by atoms with Gasteiger partial charge in [-0.05, 0) is 30.3 Å². The van der Waals surface area contributed by atoms with Crippen molar-refractivity contribution in [1.82, 2.24) is 19.9 Å². The number of imidazole rings is 1. The van der Waals surface area contributed by atoms with Gasteiger partial charge in [0.25, 0.3) is 0 Å². The molecule has 0 spiro atoms. The number of hydrogen-bond acceptors (Lipinski definition) is 5. The average Bonchev–Trinajstić information content (AvgIpc) is 3.03. The molecule has 2 aromatic carbocycles. The Morgan fingerprint density at radius 3 is 2.87 bits per heavy atom. The third kappa shape index (κ3) is 2.69. The summed E-state index contributed by atoms with van der Waals surface area (Å²) in [4.78, 5) is 16.0. The van der Waals surface area contributed by atoms with Crippen LogP contribution in [0.2, 0.25) is 0 Å². The highest BCUT2D eigenvalue weighted by Gasteiger charge is 2.05. The van der Waals surface area contributed by atoms with E-state index >= 15 is 0 Å². The first-order valence-electron chi connectivity index (χ1n) is 7.10. The first-order valence-corrected chi connectivity index (χ1v) is 7.10. The van der Waals surface area contributed by atoms with Crippen molar-refractivity contribution < 1.29 is 5.11 Å². The highest BCUT2D eigenvalue weighted by Crippen LogP contribution is 2.23. The van der Waals surface area contributed by atoms with Crippen LogP contribution in [0.15, 0.2) is 61.1 Å². The normalized spacial score (nSPS) is 10.8. The number of phenolic OH excluding ortho intramolecular Hbond substituents is 1. The average molecular weight is 303 g/mol. The van der Waals surface area contributed by atoms with Crippen LogP contribution in [0.3, 0.4) is 0 Å². The molecule has 0 saturated heterocycles. The Labute approximate surface area is 131 Å². The zero-order valence-corrected chi connectivity index (χ0v) is 12.1. The number of benzene rings is 2. The predicted octanol–water partition coefficient (Wildman–Crippen LogP) is 3.47. The lowest BCUT2D eigenvalue weighted by molar-refractivity contribution is 0.475. The van der Waals surface area contributed by atoms with Crippen LogP contribution < -0.4 is 5.32 Å². The summed E-state index contributed by atoms with van der Waals surface area (Å²) in [5, 5.41) is 12.6. The van der Waals surface area contributed by atoms with Gasteiger partial charge in [0.05, 0.1) is 23.1 Å². The summed E-state index contributed by atoms with van der Waals surface area (Å²) in [6.45, 7) is 0. The number of aromatic hydroxyl groups is 1. The van der Waals surface area contributed by atoms with Gasteiger partial charge in [-0.3, -0.25) is 0 Å². The van der Waals surface area contributed by atoms with E-state index in [4.69, 9.17) is 0 Å². The van der Waals surface area contributed by atoms with Gasteiger partial charge in [-0.2, -0.15) is 0 Å². The van der Waals surface area contributed by atoms with E-state index < -0.39 is 0 Å². The van der Waals surface area contributed by atoms with Crippen LogP contribution in [0.25, 0.3) is 22.3 Å². The summed E-state index contributed by atoms with van der Waals surface area (Å²) in [5.74, 6) is 0.661. The van der Waals surface area contributed by atoms with Crippen molar-refractivity contribution in [3.63, 3.8) is 0 Å². The maximum absolute atomic E-state index is 9.51. The largest absolute Gasteiger partial charge is 0.508 e. The van der Waals surface area contributed by atoms with Gasteiger partial charge in [-0.1, -0.05) is 12.1 Å². The lowest BCUT2D eigenvalue weighted by atomic mass is 10.1. The molecule has 0 fully saturated rings. The Balaban J connectivity index is 1.67. The quantitative estimate of drug-likeness (QED) is 0.539. The van der Waals surface area contributed by atoms with Crippen LogP contribution in [0.1, 0.15) is 0 Å². The Morgan fingerprint density at radius 2 is 1.96 bits per heavy atom. The number of anilines is 2. The first-order chi connectivity index (χ1) is 11.3. The number of rotatable bonds is 3. The van der Waals surface area contributed by atoms with Crippen molar-refractivity contribution in [2.75, 3.05) is 5.32 Å². The molecule has 3 N–H and O–H groups in total. The van der Waals surface area contributed by atoms with Crippen LogP contribution in [-0.2, 0) is 0 Å². The summed E-state index contributed by atoms with van der Waals surface area (Å²) in [6, 6.07) is 14.6. The summed E-state index contributed by atoms with van der Waals surface area (Å²) in [7, 11) is 0. The van der Waals surface area contributed by atoms with E-state index in [1.807, 2.05) is 30.3 Å². The molecule has 2 aromatic heterocycles. The Bertz CT molecular complexity index is 979. The standard InChI is InChI=1S/C17H13N5O/c23-13-3-1-2-12(9-13)21-17-18-7-6-14(22-17)11-4-5-15-16(8-11)20-10-19-15/h1-10,23H,(H,19,20)(H,18,21,22). The molecule has 6 heteroatoms. The molecule has 0 aliphatic heterocycles. The topological polar surface area (TPSA) is 86.7 Å². The van der Waals surface area contributed by atoms with E-state index in [1.165, 1.54) is 0 Å². The van der Waals surface area contributed by atoms with E-state index in [-0.39, 0.29) is 5.75 Å². The van der Waals surface area contributed by atoms with Gasteiger partial charge in [0, 0.05) is 23.5 Å². The van der Waals surface area contributed by atoms with Crippen LogP contribution in [0.4, 0.5) is 11.6 Å². The maximum atomic E-state index is 9.51. The fraction of sp³-hybridized carbons (Fsp3) is 0. The van der Waals surface area contributed by atoms with Crippen LogP contribution in [0, 0.1) is 0 Å². The molecule has 0 saturated carbocycles. The fourth-order valence-corrected chi connectivity index (χ4v) is 2.39. The van der Waals surface area contributed by atoms with Gasteiger partial charge in [0.1, 0.15) is 5.75 Å². The van der Waals surface area contributed by atoms with Crippen LogP contribution >= 0.6 is 0 Å². The molecule has 112 valence electrons. The second kappa shape index (κ2) is 5.42. The van der Waals surface area contributed by atoms with Gasteiger partial charge in [-0.15, -0.1) is 0 Å². The molecule has 0 amide bonds. The monoisotopic (exact) mass is 303 g/mol. The number of H-pyrrole nitrogens is 1. The molecular weight excluding hydrogens is 290 g/mol. The minimum Gasteiger partial charge on any atom is -0.508 e. The number of fused-ring (bicyclic) bond motifs is 1. The minimum absolute atomic E-state index is 0.191. The summed E-state index contributed by atoms with van der Waals surface area (Å²) >= 11 is 0. The van der Waals surface area contributed by atoms with E-state index in [1.54, 1.807) is 30.7 Å². The third-order valence-electron chi connectivity index (χ3n) is 3.47. The molecule has 0 atom stereocenters. The Kier molecular flexibility index (Phi) is 3.12. The number of aromatic nitrogens is 4. The van der Waals surface area contributed by atoms with E-state index in [0.717, 1.165) is 28.0 Å².